The van der Waals surface area contributed by atoms with Crippen molar-refractivity contribution in [2.75, 3.05) is 70.8 Å². The molecule has 0 aliphatic heterocycles. The van der Waals surface area contributed by atoms with Crippen molar-refractivity contribution in [2.45, 2.75) is 48.0 Å². The van der Waals surface area contributed by atoms with Gasteiger partial charge in [0.05, 0.1) is 55.0 Å². The summed E-state index contributed by atoms with van der Waals surface area (Å²) in [6, 6.07) is 0. The van der Waals surface area contributed by atoms with Gasteiger partial charge in [0, 0.05) is 6.92 Å². The SMILES string of the molecule is CCN(CC)CCCN=C=S.CCOC(=O)C(=O)CBr.CC[N+](CC)(CCN=C=S)CC(=O)C(C)=O.[Br-]. The molecule has 0 rings (SSSR count). The van der Waals surface area contributed by atoms with Crippen molar-refractivity contribution in [1.29, 1.82) is 0 Å². The Bertz CT molecular complexity index is 751. The summed E-state index contributed by atoms with van der Waals surface area (Å²) < 4.78 is 4.96. The Morgan fingerprint density at radius 1 is 0.919 bits per heavy atom. The van der Waals surface area contributed by atoms with Crippen molar-refractivity contribution in [2.24, 2.45) is 9.98 Å². The van der Waals surface area contributed by atoms with Crippen LogP contribution in [0.2, 0.25) is 0 Å². The summed E-state index contributed by atoms with van der Waals surface area (Å²) in [7, 11) is 0. The van der Waals surface area contributed by atoms with Crippen LogP contribution in [0.15, 0.2) is 9.98 Å². The average Bonchev–Trinajstić information content (AvgIpc) is 2.88. The summed E-state index contributed by atoms with van der Waals surface area (Å²) in [5.74, 6) is -2.00. The van der Waals surface area contributed by atoms with Crippen molar-refractivity contribution >= 4 is 74.0 Å². The topological polar surface area (TPSA) is 105 Å². The van der Waals surface area contributed by atoms with Crippen LogP contribution in [0.5, 0.6) is 0 Å². The number of Topliss-reactive ketones (excluding diaryl/α,β-unsaturated/α-hetero) is 3. The number of hydrogen-bond donors (Lipinski definition) is 0. The van der Waals surface area contributed by atoms with Gasteiger partial charge >= 0.3 is 5.97 Å². The molecule has 0 heterocycles. The fraction of sp³-hybridized carbons (Fsp3) is 0.750. The van der Waals surface area contributed by atoms with E-state index in [1.165, 1.54) is 6.92 Å². The third kappa shape index (κ3) is 25.0. The molecule has 0 aromatic heterocycles. The first-order valence-electron chi connectivity index (χ1n) is 12.0. The number of carbonyl (C=O) groups is 4. The van der Waals surface area contributed by atoms with Gasteiger partial charge in [-0.15, -0.1) is 0 Å². The number of isothiocyanates is 2. The Morgan fingerprint density at radius 3 is 1.81 bits per heavy atom. The van der Waals surface area contributed by atoms with Gasteiger partial charge in [-0.1, -0.05) is 29.8 Å². The molecule has 0 bridgehead atoms. The molecule has 0 saturated heterocycles. The zero-order valence-corrected chi connectivity index (χ0v) is 27.7. The predicted octanol–water partition coefficient (Wildman–Crippen LogP) is 0.443. The molecule has 13 heteroatoms. The Balaban J connectivity index is -0.000000228. The van der Waals surface area contributed by atoms with Crippen LogP contribution in [-0.2, 0) is 23.9 Å². The minimum absolute atomic E-state index is 0. The van der Waals surface area contributed by atoms with Crippen molar-refractivity contribution in [3.05, 3.63) is 0 Å². The van der Waals surface area contributed by atoms with E-state index >= 15 is 0 Å². The van der Waals surface area contributed by atoms with Gasteiger partial charge in [-0.2, -0.15) is 0 Å². The van der Waals surface area contributed by atoms with Crippen LogP contribution >= 0.6 is 40.4 Å². The van der Waals surface area contributed by atoms with Gasteiger partial charge < -0.3 is 31.1 Å². The molecule has 0 atom stereocenters. The first-order valence-corrected chi connectivity index (χ1v) is 14.0. The molecule has 0 N–H and O–H groups in total. The van der Waals surface area contributed by atoms with Crippen molar-refractivity contribution in [3.8, 4) is 0 Å². The number of nitrogens with zero attached hydrogens (tertiary/aromatic N) is 4. The lowest BCUT2D eigenvalue weighted by Gasteiger charge is -2.35. The number of quaternary nitrogens is 1. The molecule has 214 valence electrons. The van der Waals surface area contributed by atoms with E-state index in [9.17, 15) is 19.2 Å². The number of hydrogen-bond acceptors (Lipinski definition) is 10. The summed E-state index contributed by atoms with van der Waals surface area (Å²) >= 11 is 11.8. The number of ketones is 3. The molecule has 0 saturated carbocycles. The van der Waals surface area contributed by atoms with Crippen LogP contribution in [0.3, 0.4) is 0 Å². The minimum atomic E-state index is -0.769. The Morgan fingerprint density at radius 2 is 1.43 bits per heavy atom. The fourth-order valence-electron chi connectivity index (χ4n) is 2.79. The molecule has 37 heavy (non-hydrogen) atoms. The highest BCUT2D eigenvalue weighted by Gasteiger charge is 2.28. The zero-order chi connectivity index (χ0) is 28.4. The normalized spacial score (nSPS) is 9.62. The lowest BCUT2D eigenvalue weighted by atomic mass is 10.2. The molecule has 0 aromatic carbocycles. The van der Waals surface area contributed by atoms with Gasteiger partial charge in [0.2, 0.25) is 11.6 Å². The molecule has 0 aromatic rings. The van der Waals surface area contributed by atoms with Crippen LogP contribution in [0.4, 0.5) is 0 Å². The monoisotopic (exact) mass is 688 g/mol. The first-order chi connectivity index (χ1) is 17.1. The van der Waals surface area contributed by atoms with Gasteiger partial charge in [0.1, 0.15) is 6.54 Å². The number of ether oxygens (including phenoxy) is 1. The molecular weight excluding hydrogens is 648 g/mol. The van der Waals surface area contributed by atoms with E-state index in [0.717, 1.165) is 52.2 Å². The number of rotatable bonds is 17. The molecule has 0 spiro atoms. The number of halogens is 2. The predicted molar refractivity (Wildman–Crippen MR) is 154 cm³/mol. The molecule has 9 nitrogen and oxygen atoms in total. The van der Waals surface area contributed by atoms with Crippen LogP contribution in [0.1, 0.15) is 48.0 Å². The summed E-state index contributed by atoms with van der Waals surface area (Å²) in [6.45, 7) is 18.9. The molecular formula is C24H42Br2N4O5S2. The lowest BCUT2D eigenvalue weighted by Crippen LogP contribution is -3.00. The van der Waals surface area contributed by atoms with E-state index < -0.39 is 11.8 Å². The summed E-state index contributed by atoms with van der Waals surface area (Å²) in [5.41, 5.74) is 0. The maximum absolute atomic E-state index is 11.5. The Hall–Kier alpha value is -1.04. The van der Waals surface area contributed by atoms with Crippen molar-refractivity contribution < 1.29 is 45.4 Å². The largest absolute Gasteiger partial charge is 1.00 e. The van der Waals surface area contributed by atoms with E-state index in [2.05, 4.69) is 84.2 Å². The van der Waals surface area contributed by atoms with Crippen molar-refractivity contribution in [3.63, 3.8) is 0 Å². The average molecular weight is 691 g/mol. The first kappa shape index (κ1) is 43.0. The molecule has 0 fully saturated rings. The second-order valence-electron chi connectivity index (χ2n) is 7.44. The highest BCUT2D eigenvalue weighted by molar-refractivity contribution is 9.09. The number of likely N-dealkylation sites (N-methyl/N-ethyl adjacent to an activating group) is 1. The van der Waals surface area contributed by atoms with E-state index in [1.807, 2.05) is 13.8 Å². The molecule has 0 unspecified atom stereocenters. The fourth-order valence-corrected chi connectivity index (χ4v) is 3.20. The second kappa shape index (κ2) is 29.5. The molecule has 0 amide bonds. The maximum atomic E-state index is 11.5. The van der Waals surface area contributed by atoms with Gasteiger partial charge in [0.15, 0.2) is 0 Å². The van der Waals surface area contributed by atoms with Gasteiger partial charge in [-0.05, 0) is 71.3 Å². The lowest BCUT2D eigenvalue weighted by molar-refractivity contribution is -0.915. The number of esters is 1. The van der Waals surface area contributed by atoms with Gasteiger partial charge in [-0.3, -0.25) is 14.4 Å². The maximum Gasteiger partial charge on any atom is 0.375 e. The molecule has 0 aliphatic carbocycles. The smallest absolute Gasteiger partial charge is 0.375 e. The molecule has 0 aliphatic rings. The number of alkyl halides is 1. The van der Waals surface area contributed by atoms with Crippen molar-refractivity contribution in [1.82, 2.24) is 4.90 Å². The number of thiocarbonyl (C=S) groups is 2. The zero-order valence-electron chi connectivity index (χ0n) is 22.9. The summed E-state index contributed by atoms with van der Waals surface area (Å²) in [4.78, 5) is 53.3. The van der Waals surface area contributed by atoms with E-state index in [1.54, 1.807) is 6.92 Å². The summed E-state index contributed by atoms with van der Waals surface area (Å²) in [6.07, 6.45) is 1.09. The van der Waals surface area contributed by atoms with Crippen LogP contribution < -0.4 is 17.0 Å². The molecule has 0 radical (unpaired) electrons. The highest BCUT2D eigenvalue weighted by Crippen LogP contribution is 2.06. The van der Waals surface area contributed by atoms with E-state index in [4.69, 9.17) is 0 Å². The third-order valence-corrected chi connectivity index (χ3v) is 6.06. The van der Waals surface area contributed by atoms with Crippen LogP contribution in [0.25, 0.3) is 0 Å². The number of carbonyl (C=O) groups excluding carboxylic acids is 4. The van der Waals surface area contributed by atoms with Crippen LogP contribution in [-0.4, -0.2) is 114 Å². The number of aliphatic imine (C=N–C) groups is 2. The van der Waals surface area contributed by atoms with E-state index in [0.29, 0.717) is 11.0 Å². The summed E-state index contributed by atoms with van der Waals surface area (Å²) in [5, 5.41) is 4.71. The quantitative estimate of drug-likeness (QED) is 0.0413. The Kier molecular flexibility index (Phi) is 34.3. The minimum Gasteiger partial charge on any atom is -1.00 e. The highest BCUT2D eigenvalue weighted by atomic mass is 79.9. The van der Waals surface area contributed by atoms with Gasteiger partial charge in [0.25, 0.3) is 5.78 Å². The standard InChI is InChI=1S/C11H19N2O2S.C8H16N2S.C5H7BrO3.BrH/c1-4-13(5-2,7-6-12-9-16)8-11(15)10(3)14;1-3-10(4-2)7-5-6-9-8-11;1-2-9-5(8)4(7)3-6;/h4-8H2,1-3H3;3-7H2,1-2H3;2-3H2,1H3;1H/q+1;;;/p-1. The third-order valence-electron chi connectivity index (χ3n) is 5.29. The second-order valence-corrected chi connectivity index (χ2v) is 8.36. The Labute approximate surface area is 252 Å². The van der Waals surface area contributed by atoms with Crippen LogP contribution in [0, 0.1) is 0 Å². The van der Waals surface area contributed by atoms with E-state index in [-0.39, 0.29) is 47.0 Å². The van der Waals surface area contributed by atoms with Gasteiger partial charge in [-0.25, -0.2) is 14.8 Å².